The zero-order chi connectivity index (χ0) is 16.7. The van der Waals surface area contributed by atoms with Gasteiger partial charge in [0.1, 0.15) is 23.6 Å². The molecule has 7 heteroatoms. The van der Waals surface area contributed by atoms with Gasteiger partial charge in [0.05, 0.1) is 5.56 Å². The zero-order valence-corrected chi connectivity index (χ0v) is 12.2. The number of rotatable bonds is 4. The summed E-state index contributed by atoms with van der Waals surface area (Å²) in [5.74, 6) is -3.68. The third kappa shape index (κ3) is 3.18. The molecule has 1 fully saturated rings. The second-order valence-electron chi connectivity index (χ2n) is 6.33. The van der Waals surface area contributed by atoms with Crippen LogP contribution in [0.1, 0.15) is 32.0 Å². The molecule has 1 amide bonds. The molecule has 1 aromatic carbocycles. The molecule has 1 unspecified atom stereocenters. The van der Waals surface area contributed by atoms with E-state index < -0.39 is 40.7 Å². The fraction of sp³-hybridized carbons (Fsp3) is 0.533. The molecule has 1 atom stereocenters. The Morgan fingerprint density at radius 1 is 1.32 bits per heavy atom. The fourth-order valence-electron chi connectivity index (χ4n) is 2.71. The van der Waals surface area contributed by atoms with Crippen LogP contribution in [0.3, 0.4) is 0 Å². The molecular weight excluding hydrogens is 302 g/mol. The van der Waals surface area contributed by atoms with Gasteiger partial charge in [-0.2, -0.15) is 0 Å². The lowest BCUT2D eigenvalue weighted by Gasteiger charge is -2.46. The first-order valence-corrected chi connectivity index (χ1v) is 6.88. The van der Waals surface area contributed by atoms with Crippen LogP contribution in [0.2, 0.25) is 0 Å². The second kappa shape index (κ2) is 5.78. The molecule has 0 saturated carbocycles. The van der Waals surface area contributed by atoms with Crippen molar-refractivity contribution in [3.8, 4) is 0 Å². The minimum absolute atomic E-state index is 0.0894. The molecule has 2 rings (SSSR count). The first-order chi connectivity index (χ1) is 10.1. The van der Waals surface area contributed by atoms with E-state index >= 15 is 0 Å². The summed E-state index contributed by atoms with van der Waals surface area (Å²) in [5.41, 5.74) is -1.41. The molecule has 1 heterocycles. The number of hydrogen-bond acceptors (Lipinski definition) is 1. The van der Waals surface area contributed by atoms with Gasteiger partial charge in [-0.05, 0) is 17.8 Å². The molecule has 22 heavy (non-hydrogen) atoms. The predicted molar refractivity (Wildman–Crippen MR) is 71.7 cm³/mol. The highest BCUT2D eigenvalue weighted by Crippen LogP contribution is 2.43. The van der Waals surface area contributed by atoms with Crippen LogP contribution in [0.15, 0.2) is 12.1 Å². The maximum atomic E-state index is 14.3. The summed E-state index contributed by atoms with van der Waals surface area (Å²) >= 11 is 0. The van der Waals surface area contributed by atoms with Gasteiger partial charge in [0, 0.05) is 25.2 Å². The Hall–Kier alpha value is -1.79. The average Bonchev–Trinajstić information content (AvgIpc) is 2.22. The SMILES string of the molecule is CC(C)(CC(F)c1c(F)cc(F)cc1F)C1CN(C(=O)O)C1. The lowest BCUT2D eigenvalue weighted by atomic mass is 9.70. The zero-order valence-electron chi connectivity index (χ0n) is 12.2. The van der Waals surface area contributed by atoms with E-state index in [2.05, 4.69) is 0 Å². The van der Waals surface area contributed by atoms with Crippen LogP contribution >= 0.6 is 0 Å². The Balaban J connectivity index is 2.09. The van der Waals surface area contributed by atoms with Crippen LogP contribution in [0, 0.1) is 28.8 Å². The van der Waals surface area contributed by atoms with Crippen molar-refractivity contribution >= 4 is 6.09 Å². The number of carbonyl (C=O) groups is 1. The van der Waals surface area contributed by atoms with Crippen LogP contribution in [-0.4, -0.2) is 29.2 Å². The number of nitrogens with zero attached hydrogens (tertiary/aromatic N) is 1. The number of benzene rings is 1. The highest BCUT2D eigenvalue weighted by atomic mass is 19.2. The lowest BCUT2D eigenvalue weighted by molar-refractivity contribution is 0.00629. The van der Waals surface area contributed by atoms with Crippen molar-refractivity contribution in [1.29, 1.82) is 0 Å². The van der Waals surface area contributed by atoms with Gasteiger partial charge in [0.2, 0.25) is 0 Å². The Morgan fingerprint density at radius 3 is 2.27 bits per heavy atom. The molecule has 1 aliphatic rings. The van der Waals surface area contributed by atoms with Gasteiger partial charge in [0.15, 0.2) is 0 Å². The van der Waals surface area contributed by atoms with Gasteiger partial charge in [-0.1, -0.05) is 13.8 Å². The number of halogens is 4. The molecule has 0 bridgehead atoms. The number of amides is 1. The van der Waals surface area contributed by atoms with E-state index in [4.69, 9.17) is 5.11 Å². The largest absolute Gasteiger partial charge is 0.465 e. The summed E-state index contributed by atoms with van der Waals surface area (Å²) in [6, 6.07) is 0.904. The maximum Gasteiger partial charge on any atom is 0.407 e. The predicted octanol–water partition coefficient (Wildman–Crippen LogP) is 4.14. The van der Waals surface area contributed by atoms with Crippen LogP contribution in [0.5, 0.6) is 0 Å². The molecule has 0 spiro atoms. The van der Waals surface area contributed by atoms with Crippen LogP contribution in [0.4, 0.5) is 22.4 Å². The quantitative estimate of drug-likeness (QED) is 0.847. The summed E-state index contributed by atoms with van der Waals surface area (Å²) in [6.07, 6.45) is -3.14. The van der Waals surface area contributed by atoms with E-state index in [1.165, 1.54) is 4.90 Å². The standard InChI is InChI=1S/C15H17F4NO2/c1-15(2,8-6-20(7-8)14(21)22)5-12(19)13-10(17)3-9(16)4-11(13)18/h3-4,8,12H,5-7H2,1-2H3,(H,21,22). The van der Waals surface area contributed by atoms with Crippen molar-refractivity contribution < 1.29 is 27.5 Å². The maximum absolute atomic E-state index is 14.3. The Bertz CT molecular complexity index is 562. The van der Waals surface area contributed by atoms with Gasteiger partial charge >= 0.3 is 6.09 Å². The van der Waals surface area contributed by atoms with E-state index in [-0.39, 0.29) is 25.4 Å². The van der Waals surface area contributed by atoms with Crippen molar-refractivity contribution in [2.75, 3.05) is 13.1 Å². The molecule has 122 valence electrons. The van der Waals surface area contributed by atoms with Crippen molar-refractivity contribution in [2.24, 2.45) is 11.3 Å². The third-order valence-electron chi connectivity index (χ3n) is 4.32. The second-order valence-corrected chi connectivity index (χ2v) is 6.33. The van der Waals surface area contributed by atoms with Gasteiger partial charge in [-0.25, -0.2) is 22.4 Å². The summed E-state index contributed by atoms with van der Waals surface area (Å²) in [7, 11) is 0. The van der Waals surface area contributed by atoms with Crippen LogP contribution in [0.25, 0.3) is 0 Å². The van der Waals surface area contributed by atoms with Crippen molar-refractivity contribution in [3.63, 3.8) is 0 Å². The average molecular weight is 319 g/mol. The highest BCUT2D eigenvalue weighted by molar-refractivity contribution is 5.66. The normalized spacial score (nSPS) is 17.3. The fourth-order valence-corrected chi connectivity index (χ4v) is 2.71. The molecule has 0 aliphatic carbocycles. The topological polar surface area (TPSA) is 40.5 Å². The minimum Gasteiger partial charge on any atom is -0.465 e. The first kappa shape index (κ1) is 16.6. The van der Waals surface area contributed by atoms with Gasteiger partial charge in [0.25, 0.3) is 0 Å². The number of likely N-dealkylation sites (tertiary alicyclic amines) is 1. The number of hydrogen-bond donors (Lipinski definition) is 1. The molecule has 1 saturated heterocycles. The minimum atomic E-state index is -1.92. The molecule has 0 radical (unpaired) electrons. The molecular formula is C15H17F4NO2. The number of carboxylic acid groups (broad SMARTS) is 1. The Labute approximate surface area is 125 Å². The molecule has 3 nitrogen and oxygen atoms in total. The van der Waals surface area contributed by atoms with E-state index in [0.29, 0.717) is 12.1 Å². The summed E-state index contributed by atoms with van der Waals surface area (Å²) in [6.45, 7) is 3.98. The van der Waals surface area contributed by atoms with E-state index in [0.717, 1.165) is 0 Å². The molecule has 1 aromatic rings. The molecule has 1 aliphatic heterocycles. The summed E-state index contributed by atoms with van der Waals surface area (Å²) < 4.78 is 54.4. The van der Waals surface area contributed by atoms with E-state index in [1.807, 2.05) is 0 Å². The van der Waals surface area contributed by atoms with Crippen LogP contribution in [-0.2, 0) is 0 Å². The Kier molecular flexibility index (Phi) is 4.35. The van der Waals surface area contributed by atoms with Crippen LogP contribution < -0.4 is 0 Å². The van der Waals surface area contributed by atoms with Crippen molar-refractivity contribution in [1.82, 2.24) is 4.90 Å². The lowest BCUT2D eigenvalue weighted by Crippen LogP contribution is -2.54. The number of alkyl halides is 1. The third-order valence-corrected chi connectivity index (χ3v) is 4.32. The molecule has 1 N–H and O–H groups in total. The van der Waals surface area contributed by atoms with E-state index in [9.17, 15) is 22.4 Å². The summed E-state index contributed by atoms with van der Waals surface area (Å²) in [4.78, 5) is 11.9. The smallest absolute Gasteiger partial charge is 0.407 e. The van der Waals surface area contributed by atoms with Crippen molar-refractivity contribution in [2.45, 2.75) is 26.4 Å². The highest BCUT2D eigenvalue weighted by Gasteiger charge is 2.42. The van der Waals surface area contributed by atoms with Gasteiger partial charge in [-0.3, -0.25) is 0 Å². The monoisotopic (exact) mass is 319 g/mol. The molecule has 0 aromatic heterocycles. The van der Waals surface area contributed by atoms with Crippen molar-refractivity contribution in [3.05, 3.63) is 35.1 Å². The summed E-state index contributed by atoms with van der Waals surface area (Å²) in [5, 5.41) is 8.79. The first-order valence-electron chi connectivity index (χ1n) is 6.88. The van der Waals surface area contributed by atoms with E-state index in [1.54, 1.807) is 13.8 Å². The van der Waals surface area contributed by atoms with Gasteiger partial charge in [-0.15, -0.1) is 0 Å². The Morgan fingerprint density at radius 2 is 1.82 bits per heavy atom. The van der Waals surface area contributed by atoms with Gasteiger partial charge < -0.3 is 10.0 Å².